The number of nitrogens with one attached hydrogen (secondary N) is 1. The van der Waals surface area contributed by atoms with Crippen molar-refractivity contribution in [3.63, 3.8) is 0 Å². The molecule has 0 aliphatic rings. The highest BCUT2D eigenvalue weighted by Gasteiger charge is 2.20. The topological polar surface area (TPSA) is 85.4 Å². The van der Waals surface area contributed by atoms with Gasteiger partial charge in [-0.25, -0.2) is 14.2 Å². The Hall–Kier alpha value is -2.28. The lowest BCUT2D eigenvalue weighted by atomic mass is 10.1. The van der Waals surface area contributed by atoms with Gasteiger partial charge in [-0.2, -0.15) is 0 Å². The zero-order chi connectivity index (χ0) is 16.9. The molecule has 6 nitrogen and oxygen atoms in total. The number of amides is 1. The molecule has 1 rings (SSSR count). The number of nitrogens with zero attached hydrogens (tertiary/aromatic N) is 1. The van der Waals surface area contributed by atoms with Gasteiger partial charge in [-0.1, -0.05) is 11.6 Å². The van der Waals surface area contributed by atoms with Crippen molar-refractivity contribution in [3.8, 4) is 0 Å². The molecular weight excluding hydrogens is 315 g/mol. The van der Waals surface area contributed by atoms with Crippen LogP contribution >= 0.6 is 11.6 Å². The highest BCUT2D eigenvalue weighted by molar-refractivity contribution is 6.32. The van der Waals surface area contributed by atoms with E-state index in [0.717, 1.165) is 19.2 Å². The quantitative estimate of drug-likeness (QED) is 0.388. The number of halogens is 2. The second kappa shape index (κ2) is 7.65. The summed E-state index contributed by atoms with van der Waals surface area (Å²) in [6.07, 6.45) is 2.08. The van der Waals surface area contributed by atoms with Crippen LogP contribution in [-0.2, 0) is 19.1 Å². The maximum absolute atomic E-state index is 14.3. The number of hydrogen-bond donors (Lipinski definition) is 1. The normalized spacial score (nSPS) is 11.0. The average Bonchev–Trinajstić information content (AvgIpc) is 2.41. The Labute approximate surface area is 131 Å². The summed E-state index contributed by atoms with van der Waals surface area (Å²) >= 11 is 5.85. The predicted octanol–water partition coefficient (Wildman–Crippen LogP) is 2.37. The van der Waals surface area contributed by atoms with Crippen LogP contribution in [0.4, 0.5) is 10.2 Å². The van der Waals surface area contributed by atoms with E-state index in [-0.39, 0.29) is 28.6 Å². The second-order valence-corrected chi connectivity index (χ2v) is 4.61. The predicted molar refractivity (Wildman–Crippen MR) is 78.8 cm³/mol. The first-order valence-electron chi connectivity index (χ1n) is 6.29. The van der Waals surface area contributed by atoms with Crippen LogP contribution < -0.4 is 5.32 Å². The third kappa shape index (κ3) is 4.36. The Morgan fingerprint density at radius 2 is 2.05 bits per heavy atom. The maximum atomic E-state index is 14.3. The molecule has 8 heteroatoms. The van der Waals surface area contributed by atoms with E-state index in [0.29, 0.717) is 0 Å². The van der Waals surface area contributed by atoms with E-state index in [2.05, 4.69) is 10.3 Å². The molecule has 1 N–H and O–H groups in total. The molecule has 0 saturated heterocycles. The maximum Gasteiger partial charge on any atom is 0.341 e. The first-order valence-corrected chi connectivity index (χ1v) is 6.67. The molecule has 0 aliphatic heterocycles. The van der Waals surface area contributed by atoms with Crippen molar-refractivity contribution in [2.24, 2.45) is 0 Å². The molecule has 0 fully saturated rings. The number of ether oxygens (including phenoxy) is 1. The lowest BCUT2D eigenvalue weighted by molar-refractivity contribution is -0.139. The Morgan fingerprint density at radius 3 is 2.55 bits per heavy atom. The molecule has 0 spiro atoms. The molecular formula is C14H14ClFN2O4. The van der Waals surface area contributed by atoms with Crippen molar-refractivity contribution in [2.45, 2.75) is 20.8 Å². The van der Waals surface area contributed by atoms with Gasteiger partial charge in [-0.3, -0.25) is 9.59 Å². The Balaban J connectivity index is 3.39. The number of ketones is 1. The fourth-order valence-corrected chi connectivity index (χ4v) is 1.71. The lowest BCUT2D eigenvalue weighted by Gasteiger charge is -2.08. The largest absolute Gasteiger partial charge is 0.462 e. The highest BCUT2D eigenvalue weighted by Crippen LogP contribution is 2.26. The monoisotopic (exact) mass is 328 g/mol. The molecule has 1 amide bonds. The van der Waals surface area contributed by atoms with Gasteiger partial charge in [0.2, 0.25) is 5.91 Å². The van der Waals surface area contributed by atoms with Crippen LogP contribution in [0.15, 0.2) is 11.8 Å². The first kappa shape index (κ1) is 17.8. The molecule has 0 aromatic carbocycles. The van der Waals surface area contributed by atoms with Crippen LogP contribution in [-0.4, -0.2) is 29.3 Å². The van der Waals surface area contributed by atoms with Crippen LogP contribution in [0, 0.1) is 5.82 Å². The number of carbonyl (C=O) groups excluding carboxylic acids is 3. The van der Waals surface area contributed by atoms with Crippen molar-refractivity contribution in [3.05, 3.63) is 28.2 Å². The van der Waals surface area contributed by atoms with E-state index in [1.807, 2.05) is 0 Å². The van der Waals surface area contributed by atoms with Crippen LogP contribution in [0.1, 0.15) is 26.3 Å². The summed E-state index contributed by atoms with van der Waals surface area (Å²) < 4.78 is 19.0. The fraction of sp³-hybridized carbons (Fsp3) is 0.286. The van der Waals surface area contributed by atoms with Crippen molar-refractivity contribution < 1.29 is 23.5 Å². The summed E-state index contributed by atoms with van der Waals surface area (Å²) in [5, 5.41) is 2.07. The summed E-state index contributed by atoms with van der Waals surface area (Å²) in [5.41, 5.74) is -0.596. The third-order valence-corrected chi connectivity index (χ3v) is 2.77. The van der Waals surface area contributed by atoms with E-state index < -0.39 is 23.5 Å². The number of esters is 1. The van der Waals surface area contributed by atoms with Crippen LogP contribution in [0.5, 0.6) is 0 Å². The zero-order valence-electron chi connectivity index (χ0n) is 12.2. The van der Waals surface area contributed by atoms with Gasteiger partial charge < -0.3 is 10.1 Å². The Kier molecular flexibility index (Phi) is 6.18. The molecule has 0 atom stereocenters. The number of rotatable bonds is 5. The van der Waals surface area contributed by atoms with E-state index in [9.17, 15) is 18.8 Å². The summed E-state index contributed by atoms with van der Waals surface area (Å²) in [7, 11) is 0. The van der Waals surface area contributed by atoms with Gasteiger partial charge >= 0.3 is 5.97 Å². The van der Waals surface area contributed by atoms with Gasteiger partial charge in [0.1, 0.15) is 5.57 Å². The van der Waals surface area contributed by atoms with Gasteiger partial charge in [0.05, 0.1) is 11.6 Å². The molecule has 0 unspecified atom stereocenters. The molecule has 1 aromatic heterocycles. The molecule has 118 valence electrons. The molecule has 0 aliphatic carbocycles. The second-order valence-electron chi connectivity index (χ2n) is 4.20. The third-order valence-electron chi connectivity index (χ3n) is 2.47. The number of hydrogen-bond acceptors (Lipinski definition) is 5. The molecule has 0 radical (unpaired) electrons. The fourth-order valence-electron chi connectivity index (χ4n) is 1.52. The number of aromatic nitrogens is 1. The van der Waals surface area contributed by atoms with Gasteiger partial charge in [0.15, 0.2) is 17.4 Å². The van der Waals surface area contributed by atoms with Crippen LogP contribution in [0.2, 0.25) is 5.02 Å². The van der Waals surface area contributed by atoms with Crippen molar-refractivity contribution in [1.82, 2.24) is 4.98 Å². The zero-order valence-corrected chi connectivity index (χ0v) is 13.0. The minimum Gasteiger partial charge on any atom is -0.462 e. The Morgan fingerprint density at radius 1 is 1.41 bits per heavy atom. The Bertz CT molecular complexity index is 658. The van der Waals surface area contributed by atoms with Gasteiger partial charge in [-0.15, -0.1) is 0 Å². The lowest BCUT2D eigenvalue weighted by Crippen LogP contribution is -2.14. The summed E-state index contributed by atoms with van der Waals surface area (Å²) in [5.74, 6) is -3.32. The molecule has 1 heterocycles. The van der Waals surface area contributed by atoms with E-state index in [4.69, 9.17) is 16.3 Å². The highest BCUT2D eigenvalue weighted by atomic mass is 35.5. The van der Waals surface area contributed by atoms with Crippen molar-refractivity contribution in [2.75, 3.05) is 11.9 Å². The average molecular weight is 329 g/mol. The molecule has 0 saturated carbocycles. The first-order chi connectivity index (χ1) is 10.3. The summed E-state index contributed by atoms with van der Waals surface area (Å²) in [6, 6.07) is 0. The van der Waals surface area contributed by atoms with Crippen LogP contribution in [0.25, 0.3) is 6.08 Å². The van der Waals surface area contributed by atoms with E-state index >= 15 is 0 Å². The summed E-state index contributed by atoms with van der Waals surface area (Å²) in [6.45, 7) is 3.97. The SMILES string of the molecule is CCOC(=O)C(=Cc1c(Cl)cnc(NC(C)=O)c1F)C(C)=O. The molecule has 0 bridgehead atoms. The molecule has 1 aromatic rings. The minimum absolute atomic E-state index is 0.0627. The van der Waals surface area contributed by atoms with E-state index in [1.54, 1.807) is 6.92 Å². The standard InChI is InChI=1S/C14H14ClFN2O4/c1-4-22-14(21)9(7(2)19)5-10-11(15)6-17-13(12(10)16)18-8(3)20/h5-6H,4H2,1-3H3,(H,17,18,20). The number of Topliss-reactive ketones (excluding diaryl/α,β-unsaturated/α-hetero) is 1. The van der Waals surface area contributed by atoms with Crippen LogP contribution in [0.3, 0.4) is 0 Å². The molecule has 22 heavy (non-hydrogen) atoms. The van der Waals surface area contributed by atoms with Gasteiger partial charge in [0.25, 0.3) is 0 Å². The minimum atomic E-state index is -0.953. The van der Waals surface area contributed by atoms with Gasteiger partial charge in [0, 0.05) is 18.7 Å². The number of pyridine rings is 1. The van der Waals surface area contributed by atoms with Crippen molar-refractivity contribution >= 4 is 41.2 Å². The van der Waals surface area contributed by atoms with Crippen molar-refractivity contribution in [1.29, 1.82) is 0 Å². The smallest absolute Gasteiger partial charge is 0.341 e. The van der Waals surface area contributed by atoms with E-state index in [1.165, 1.54) is 6.92 Å². The summed E-state index contributed by atoms with van der Waals surface area (Å²) in [4.78, 5) is 37.9. The number of carbonyl (C=O) groups is 3. The van der Waals surface area contributed by atoms with Gasteiger partial charge in [-0.05, 0) is 19.9 Å². The number of anilines is 1.